The third-order valence-electron chi connectivity index (χ3n) is 3.96. The van der Waals surface area contributed by atoms with Crippen molar-refractivity contribution in [3.63, 3.8) is 0 Å². The number of anilines is 1. The number of hydrogen-bond donors (Lipinski definition) is 1. The average Bonchev–Trinajstić information content (AvgIpc) is 2.73. The fourth-order valence-corrected chi connectivity index (χ4v) is 3.20. The second-order valence-corrected chi connectivity index (χ2v) is 7.28. The Bertz CT molecular complexity index is 1070. The quantitative estimate of drug-likeness (QED) is 0.399. The van der Waals surface area contributed by atoms with Crippen LogP contribution in [0, 0.1) is 0 Å². The van der Waals surface area contributed by atoms with Crippen LogP contribution in [0.1, 0.15) is 26.3 Å². The Morgan fingerprint density at radius 2 is 1.59 bits per heavy atom. The van der Waals surface area contributed by atoms with Gasteiger partial charge < -0.3 is 10.1 Å². The SMILES string of the molecule is O=C(COC(=O)c1ccccc1Br)Nc1ccc(Cl)cc1C(=O)c1ccccc1. The molecule has 146 valence electrons. The molecule has 7 heteroatoms. The van der Waals surface area contributed by atoms with E-state index in [0.717, 1.165) is 0 Å². The fourth-order valence-electron chi connectivity index (χ4n) is 2.58. The van der Waals surface area contributed by atoms with Crippen LogP contribution in [0.5, 0.6) is 0 Å². The summed E-state index contributed by atoms with van der Waals surface area (Å²) in [6.45, 7) is -0.498. The highest BCUT2D eigenvalue weighted by molar-refractivity contribution is 9.10. The Balaban J connectivity index is 1.71. The van der Waals surface area contributed by atoms with Crippen LogP contribution in [0.15, 0.2) is 77.3 Å². The summed E-state index contributed by atoms with van der Waals surface area (Å²) < 4.78 is 5.63. The van der Waals surface area contributed by atoms with Gasteiger partial charge in [0.25, 0.3) is 5.91 Å². The second kappa shape index (κ2) is 9.49. The van der Waals surface area contributed by atoms with Crippen LogP contribution in [-0.4, -0.2) is 24.3 Å². The predicted molar refractivity (Wildman–Crippen MR) is 114 cm³/mol. The molecule has 3 aromatic rings. The lowest BCUT2D eigenvalue weighted by molar-refractivity contribution is -0.119. The number of carbonyl (C=O) groups is 3. The maximum Gasteiger partial charge on any atom is 0.339 e. The molecule has 0 saturated carbocycles. The molecule has 0 aromatic heterocycles. The monoisotopic (exact) mass is 471 g/mol. The van der Waals surface area contributed by atoms with Crippen LogP contribution < -0.4 is 5.32 Å². The number of hydrogen-bond acceptors (Lipinski definition) is 4. The number of rotatable bonds is 6. The van der Waals surface area contributed by atoms with Crippen molar-refractivity contribution in [2.75, 3.05) is 11.9 Å². The molecular formula is C22H15BrClNO4. The topological polar surface area (TPSA) is 72.5 Å². The van der Waals surface area contributed by atoms with Gasteiger partial charge >= 0.3 is 5.97 Å². The average molecular weight is 473 g/mol. The summed E-state index contributed by atoms with van der Waals surface area (Å²) in [6, 6.07) is 20.0. The normalized spacial score (nSPS) is 10.3. The van der Waals surface area contributed by atoms with Crippen LogP contribution in [0.2, 0.25) is 5.02 Å². The highest BCUT2D eigenvalue weighted by Crippen LogP contribution is 2.24. The van der Waals surface area contributed by atoms with Crippen LogP contribution in [0.4, 0.5) is 5.69 Å². The van der Waals surface area contributed by atoms with Gasteiger partial charge in [-0.2, -0.15) is 0 Å². The molecule has 5 nitrogen and oxygen atoms in total. The molecule has 0 heterocycles. The first-order valence-electron chi connectivity index (χ1n) is 8.56. The number of amides is 1. The van der Waals surface area contributed by atoms with Crippen molar-refractivity contribution < 1.29 is 19.1 Å². The lowest BCUT2D eigenvalue weighted by Gasteiger charge is -2.12. The van der Waals surface area contributed by atoms with Gasteiger partial charge in [-0.1, -0.05) is 54.1 Å². The zero-order valence-electron chi connectivity index (χ0n) is 15.0. The molecule has 0 fully saturated rings. The molecule has 0 aliphatic rings. The zero-order valence-corrected chi connectivity index (χ0v) is 17.4. The maximum atomic E-state index is 12.8. The van der Waals surface area contributed by atoms with Crippen LogP contribution in [0.25, 0.3) is 0 Å². The van der Waals surface area contributed by atoms with Crippen molar-refractivity contribution in [3.05, 3.63) is 99.0 Å². The van der Waals surface area contributed by atoms with E-state index in [2.05, 4.69) is 21.2 Å². The van der Waals surface area contributed by atoms with Gasteiger partial charge in [-0.05, 0) is 46.3 Å². The van der Waals surface area contributed by atoms with E-state index in [-0.39, 0.29) is 17.0 Å². The van der Waals surface area contributed by atoms with E-state index in [4.69, 9.17) is 16.3 Å². The first-order valence-corrected chi connectivity index (χ1v) is 9.73. The Kier molecular flexibility index (Phi) is 6.80. The van der Waals surface area contributed by atoms with E-state index in [9.17, 15) is 14.4 Å². The molecule has 0 radical (unpaired) electrons. The summed E-state index contributed by atoms with van der Waals surface area (Å²) in [6.07, 6.45) is 0. The molecule has 0 aliphatic heterocycles. The third kappa shape index (κ3) is 5.31. The number of ether oxygens (including phenoxy) is 1. The summed E-state index contributed by atoms with van der Waals surface area (Å²) in [5.74, 6) is -1.49. The van der Waals surface area contributed by atoms with E-state index < -0.39 is 18.5 Å². The van der Waals surface area contributed by atoms with Crippen molar-refractivity contribution in [1.29, 1.82) is 0 Å². The predicted octanol–water partition coefficient (Wildman–Crippen LogP) is 5.13. The highest BCUT2D eigenvalue weighted by Gasteiger charge is 2.17. The Morgan fingerprint density at radius 3 is 2.31 bits per heavy atom. The van der Waals surface area contributed by atoms with Crippen molar-refractivity contribution >= 4 is 50.9 Å². The lowest BCUT2D eigenvalue weighted by atomic mass is 10.0. The van der Waals surface area contributed by atoms with Crippen molar-refractivity contribution in [2.45, 2.75) is 0 Å². The number of benzene rings is 3. The maximum absolute atomic E-state index is 12.8. The van der Waals surface area contributed by atoms with Gasteiger partial charge in [-0.3, -0.25) is 9.59 Å². The van der Waals surface area contributed by atoms with Gasteiger partial charge in [0.15, 0.2) is 12.4 Å². The second-order valence-electron chi connectivity index (χ2n) is 5.99. The molecular weight excluding hydrogens is 458 g/mol. The van der Waals surface area contributed by atoms with Crippen LogP contribution in [-0.2, 0) is 9.53 Å². The summed E-state index contributed by atoms with van der Waals surface area (Å²) >= 11 is 9.29. The molecule has 0 spiro atoms. The number of halogens is 2. The smallest absolute Gasteiger partial charge is 0.339 e. The van der Waals surface area contributed by atoms with Crippen molar-refractivity contribution in [3.8, 4) is 0 Å². The van der Waals surface area contributed by atoms with Gasteiger partial charge in [0.1, 0.15) is 0 Å². The molecule has 0 aliphatic carbocycles. The highest BCUT2D eigenvalue weighted by atomic mass is 79.9. The van der Waals surface area contributed by atoms with Crippen LogP contribution >= 0.6 is 27.5 Å². The number of esters is 1. The zero-order chi connectivity index (χ0) is 20.8. The minimum atomic E-state index is -0.635. The standard InChI is InChI=1S/C22H15BrClNO4/c23-18-9-5-4-8-16(18)22(28)29-13-20(26)25-19-11-10-15(24)12-17(19)21(27)14-6-2-1-3-7-14/h1-12H,13H2,(H,25,26). The van der Waals surface area contributed by atoms with E-state index in [1.165, 1.54) is 12.1 Å². The third-order valence-corrected chi connectivity index (χ3v) is 4.89. The van der Waals surface area contributed by atoms with E-state index in [1.54, 1.807) is 60.7 Å². The van der Waals surface area contributed by atoms with Crippen molar-refractivity contribution in [2.24, 2.45) is 0 Å². The van der Waals surface area contributed by atoms with Gasteiger partial charge in [0.2, 0.25) is 0 Å². The molecule has 0 unspecified atom stereocenters. The fraction of sp³-hybridized carbons (Fsp3) is 0.0455. The van der Waals surface area contributed by atoms with E-state index in [1.807, 2.05) is 0 Å². The lowest BCUT2D eigenvalue weighted by Crippen LogP contribution is -2.22. The van der Waals surface area contributed by atoms with Gasteiger partial charge in [-0.15, -0.1) is 0 Å². The summed E-state index contributed by atoms with van der Waals surface area (Å²) in [5.41, 5.74) is 1.30. The first kappa shape index (κ1) is 20.8. The van der Waals surface area contributed by atoms with Gasteiger partial charge in [0.05, 0.1) is 11.3 Å². The molecule has 29 heavy (non-hydrogen) atoms. The molecule has 1 amide bonds. The Labute approximate surface area is 180 Å². The van der Waals surface area contributed by atoms with Gasteiger partial charge in [-0.25, -0.2) is 4.79 Å². The molecule has 3 rings (SSSR count). The summed E-state index contributed by atoms with van der Waals surface area (Å²) in [4.78, 5) is 37.2. The molecule has 1 N–H and O–H groups in total. The van der Waals surface area contributed by atoms with Crippen LogP contribution in [0.3, 0.4) is 0 Å². The number of nitrogens with one attached hydrogen (secondary N) is 1. The molecule has 0 atom stereocenters. The molecule has 0 bridgehead atoms. The van der Waals surface area contributed by atoms with E-state index in [0.29, 0.717) is 20.6 Å². The first-order chi connectivity index (χ1) is 14.0. The van der Waals surface area contributed by atoms with Gasteiger partial charge in [0, 0.05) is 20.6 Å². The minimum Gasteiger partial charge on any atom is -0.452 e. The number of ketones is 1. The minimum absolute atomic E-state index is 0.245. The summed E-state index contributed by atoms with van der Waals surface area (Å²) in [7, 11) is 0. The molecule has 0 saturated heterocycles. The largest absolute Gasteiger partial charge is 0.452 e. The summed E-state index contributed by atoms with van der Waals surface area (Å²) in [5, 5.41) is 2.97. The molecule has 3 aromatic carbocycles. The Hall–Kier alpha value is -2.96. The van der Waals surface area contributed by atoms with E-state index >= 15 is 0 Å². The Morgan fingerprint density at radius 1 is 0.897 bits per heavy atom. The van der Waals surface area contributed by atoms with Crippen molar-refractivity contribution in [1.82, 2.24) is 0 Å². The number of carbonyl (C=O) groups excluding carboxylic acids is 3.